The van der Waals surface area contributed by atoms with E-state index in [1.54, 1.807) is 0 Å². The predicted octanol–water partition coefficient (Wildman–Crippen LogP) is -2.30. The van der Waals surface area contributed by atoms with Crippen molar-refractivity contribution in [1.82, 2.24) is 0 Å². The third kappa shape index (κ3) is 3.14. The molecule has 0 atom stereocenters. The van der Waals surface area contributed by atoms with Crippen LogP contribution in [0.2, 0.25) is 0 Å². The van der Waals surface area contributed by atoms with Crippen LogP contribution in [0.5, 0.6) is 0 Å². The first-order chi connectivity index (χ1) is 4.95. The number of allylic oxidation sites excluding steroid dienone is 1. The Morgan fingerprint density at radius 2 is 2.00 bits per heavy atom. The van der Waals surface area contributed by atoms with Crippen molar-refractivity contribution in [3.8, 4) is 0 Å². The molecule has 0 aromatic rings. The zero-order valence-corrected chi connectivity index (χ0v) is 6.00. The maximum Gasteiger partial charge on any atom is 0.352 e. The van der Waals surface area contributed by atoms with E-state index in [0.29, 0.717) is 0 Å². The molecular formula is C6H9N2O3+. The number of rotatable bonds is 3. The fraction of sp³-hybridized carbons (Fsp3) is 0.167. The number of hydrogen-bond acceptors (Lipinski definition) is 3. The van der Waals surface area contributed by atoms with E-state index in [1.807, 2.05) is 0 Å². The lowest BCUT2D eigenvalue weighted by Gasteiger charge is -1.88. The van der Waals surface area contributed by atoms with Gasteiger partial charge in [0.2, 0.25) is 11.5 Å². The SMILES string of the molecule is CC(=O)C(=[NH2+])C=C(N)C(=O)O. The fourth-order valence-corrected chi connectivity index (χ4v) is 0.331. The summed E-state index contributed by atoms with van der Waals surface area (Å²) in [5.41, 5.74) is 4.36. The van der Waals surface area contributed by atoms with Gasteiger partial charge in [0.1, 0.15) is 5.70 Å². The first kappa shape index (κ1) is 9.35. The molecule has 0 aromatic heterocycles. The van der Waals surface area contributed by atoms with Crippen LogP contribution in [-0.4, -0.2) is 22.6 Å². The molecule has 0 saturated carbocycles. The molecule has 0 aliphatic heterocycles. The number of carbonyl (C=O) groups excluding carboxylic acids is 1. The summed E-state index contributed by atoms with van der Waals surface area (Å²) in [7, 11) is 0. The Morgan fingerprint density at radius 1 is 1.55 bits per heavy atom. The summed E-state index contributed by atoms with van der Waals surface area (Å²) in [4.78, 5) is 20.5. The Hall–Kier alpha value is -1.65. The highest BCUT2D eigenvalue weighted by Crippen LogP contribution is 1.84. The van der Waals surface area contributed by atoms with E-state index in [4.69, 9.17) is 16.2 Å². The average Bonchev–Trinajstić information content (AvgIpc) is 1.87. The minimum absolute atomic E-state index is 0.162. The van der Waals surface area contributed by atoms with Gasteiger partial charge in [0.25, 0.3) is 0 Å². The molecule has 0 aliphatic rings. The summed E-state index contributed by atoms with van der Waals surface area (Å²) in [5.74, 6) is -1.71. The van der Waals surface area contributed by atoms with Crippen LogP contribution in [0.3, 0.4) is 0 Å². The quantitative estimate of drug-likeness (QED) is 0.316. The van der Waals surface area contributed by atoms with Crippen molar-refractivity contribution in [2.24, 2.45) is 5.73 Å². The highest BCUT2D eigenvalue weighted by atomic mass is 16.4. The van der Waals surface area contributed by atoms with E-state index in [0.717, 1.165) is 6.08 Å². The van der Waals surface area contributed by atoms with Gasteiger partial charge in [-0.2, -0.15) is 0 Å². The van der Waals surface area contributed by atoms with Gasteiger partial charge in [-0.15, -0.1) is 0 Å². The summed E-state index contributed by atoms with van der Waals surface area (Å²) in [6.07, 6.45) is 0.921. The van der Waals surface area contributed by atoms with Gasteiger partial charge < -0.3 is 10.8 Å². The maximum atomic E-state index is 10.4. The summed E-state index contributed by atoms with van der Waals surface area (Å²) >= 11 is 0. The zero-order chi connectivity index (χ0) is 9.02. The van der Waals surface area contributed by atoms with Crippen molar-refractivity contribution in [2.75, 3.05) is 0 Å². The molecular weight excluding hydrogens is 148 g/mol. The molecule has 0 spiro atoms. The van der Waals surface area contributed by atoms with Crippen LogP contribution in [-0.2, 0) is 9.59 Å². The Kier molecular flexibility index (Phi) is 2.98. The minimum Gasteiger partial charge on any atom is -0.477 e. The molecule has 0 rings (SSSR count). The molecule has 0 aromatic carbocycles. The molecule has 0 aliphatic carbocycles. The molecule has 0 heterocycles. The number of carbonyl (C=O) groups is 2. The maximum absolute atomic E-state index is 10.4. The van der Waals surface area contributed by atoms with E-state index in [1.165, 1.54) is 6.92 Å². The van der Waals surface area contributed by atoms with Gasteiger partial charge in [0, 0.05) is 13.0 Å². The third-order valence-electron chi connectivity index (χ3n) is 0.964. The zero-order valence-electron chi connectivity index (χ0n) is 6.00. The van der Waals surface area contributed by atoms with Gasteiger partial charge in [-0.1, -0.05) is 0 Å². The van der Waals surface area contributed by atoms with Crippen molar-refractivity contribution >= 4 is 17.5 Å². The van der Waals surface area contributed by atoms with Crippen LogP contribution in [0.15, 0.2) is 11.8 Å². The fourth-order valence-electron chi connectivity index (χ4n) is 0.331. The van der Waals surface area contributed by atoms with E-state index >= 15 is 0 Å². The van der Waals surface area contributed by atoms with Gasteiger partial charge in [-0.05, 0) is 0 Å². The van der Waals surface area contributed by atoms with Crippen LogP contribution < -0.4 is 11.1 Å². The molecule has 60 valence electrons. The van der Waals surface area contributed by atoms with Gasteiger partial charge in [-0.3, -0.25) is 10.2 Å². The summed E-state index contributed by atoms with van der Waals surface area (Å²) in [5, 5.41) is 13.3. The van der Waals surface area contributed by atoms with Gasteiger partial charge in [-0.25, -0.2) is 4.79 Å². The lowest BCUT2D eigenvalue weighted by molar-refractivity contribution is -0.134. The van der Waals surface area contributed by atoms with E-state index in [2.05, 4.69) is 0 Å². The lowest BCUT2D eigenvalue weighted by Crippen LogP contribution is -2.43. The van der Waals surface area contributed by atoms with E-state index in [-0.39, 0.29) is 5.71 Å². The Balaban J connectivity index is 4.44. The molecule has 0 unspecified atom stereocenters. The Labute approximate surface area is 63.0 Å². The largest absolute Gasteiger partial charge is 0.477 e. The Morgan fingerprint density at radius 3 is 2.27 bits per heavy atom. The molecule has 11 heavy (non-hydrogen) atoms. The lowest BCUT2D eigenvalue weighted by atomic mass is 10.2. The van der Waals surface area contributed by atoms with Gasteiger partial charge >= 0.3 is 5.97 Å². The summed E-state index contributed by atoms with van der Waals surface area (Å²) in [6, 6.07) is 0. The normalized spacial score (nSPS) is 10.8. The number of ketones is 1. The van der Waals surface area contributed by atoms with Crippen LogP contribution in [0, 0.1) is 0 Å². The van der Waals surface area contributed by atoms with Crippen molar-refractivity contribution in [3.05, 3.63) is 11.8 Å². The van der Waals surface area contributed by atoms with Crippen molar-refractivity contribution < 1.29 is 20.1 Å². The monoisotopic (exact) mass is 157 g/mol. The van der Waals surface area contributed by atoms with Crippen LogP contribution >= 0.6 is 0 Å². The summed E-state index contributed by atoms with van der Waals surface area (Å²) < 4.78 is 0. The van der Waals surface area contributed by atoms with Gasteiger partial charge in [0.15, 0.2) is 0 Å². The highest BCUT2D eigenvalue weighted by Gasteiger charge is 2.09. The van der Waals surface area contributed by atoms with E-state index in [9.17, 15) is 9.59 Å². The molecule has 5 nitrogen and oxygen atoms in total. The predicted molar refractivity (Wildman–Crippen MR) is 37.5 cm³/mol. The average molecular weight is 157 g/mol. The Bertz CT molecular complexity index is 242. The molecule has 0 radical (unpaired) electrons. The molecule has 5 heteroatoms. The van der Waals surface area contributed by atoms with Crippen molar-refractivity contribution in [3.63, 3.8) is 0 Å². The molecule has 5 N–H and O–H groups in total. The number of nitrogens with two attached hydrogens (primary N) is 2. The first-order valence-corrected chi connectivity index (χ1v) is 2.79. The summed E-state index contributed by atoms with van der Waals surface area (Å²) in [6.45, 7) is 1.22. The standard InChI is InChI=1S/C6H8N2O3/c1-3(9)4(7)2-5(8)6(10)11/h2,7H,8H2,1H3,(H,10,11)/p+1. The number of aliphatic carboxylic acids is 1. The smallest absolute Gasteiger partial charge is 0.352 e. The first-order valence-electron chi connectivity index (χ1n) is 2.79. The second-order valence-electron chi connectivity index (χ2n) is 1.92. The minimum atomic E-state index is -1.30. The number of Topliss-reactive ketones (excluding diaryl/α,β-unsaturated/α-hetero) is 1. The molecule has 0 fully saturated rings. The number of hydrogen-bond donors (Lipinski definition) is 3. The molecule has 0 amide bonds. The molecule has 0 bridgehead atoms. The second-order valence-corrected chi connectivity index (χ2v) is 1.92. The molecule has 0 saturated heterocycles. The van der Waals surface area contributed by atoms with Gasteiger partial charge in [0.05, 0.1) is 0 Å². The van der Waals surface area contributed by atoms with Crippen molar-refractivity contribution in [1.29, 1.82) is 0 Å². The number of carboxylic acid groups (broad SMARTS) is 1. The topological polar surface area (TPSA) is 106 Å². The van der Waals surface area contributed by atoms with E-state index < -0.39 is 17.4 Å². The van der Waals surface area contributed by atoms with Crippen LogP contribution in [0.1, 0.15) is 6.92 Å². The third-order valence-corrected chi connectivity index (χ3v) is 0.964. The van der Waals surface area contributed by atoms with Crippen molar-refractivity contribution in [2.45, 2.75) is 6.92 Å². The van der Waals surface area contributed by atoms with Crippen LogP contribution in [0.4, 0.5) is 0 Å². The highest BCUT2D eigenvalue weighted by molar-refractivity contribution is 6.41. The second kappa shape index (κ2) is 3.50. The van der Waals surface area contributed by atoms with Crippen LogP contribution in [0.25, 0.3) is 0 Å². The number of carboxylic acids is 1.